The van der Waals surface area contributed by atoms with Crippen LogP contribution in [-0.2, 0) is 19.7 Å². The summed E-state index contributed by atoms with van der Waals surface area (Å²) < 4.78 is 29.4. The summed E-state index contributed by atoms with van der Waals surface area (Å²) in [4.78, 5) is 20.7. The molecule has 0 heterocycles. The van der Waals surface area contributed by atoms with E-state index in [0.717, 1.165) is 0 Å². The first-order valence-electron chi connectivity index (χ1n) is 3.16. The van der Waals surface area contributed by atoms with Crippen LogP contribution in [0.1, 0.15) is 14.3 Å². The molecule has 0 aromatic rings. The largest absolute Gasteiger partial charge is 1.00 e. The summed E-state index contributed by atoms with van der Waals surface area (Å²) in [6.07, 6.45) is 0.531. The maximum Gasteiger partial charge on any atom is 1.00 e. The second-order valence-electron chi connectivity index (χ2n) is 2.37. The van der Waals surface area contributed by atoms with Gasteiger partial charge in [0.1, 0.15) is 4.91 Å². The average molecular weight is 230 g/mol. The molecule has 0 aromatic carbocycles. The van der Waals surface area contributed by atoms with Gasteiger partial charge >= 0.3 is 51.4 Å². The van der Waals surface area contributed by atoms with Crippen LogP contribution in [0.5, 0.6) is 0 Å². The molecule has 1 aliphatic rings. The molecule has 0 saturated carbocycles. The summed E-state index contributed by atoms with van der Waals surface area (Å²) in [7, 11) is -4.52. The molecule has 1 rings (SSSR count). The average Bonchev–Trinajstić information content (AvgIpc) is 1.92. The van der Waals surface area contributed by atoms with Crippen molar-refractivity contribution in [2.24, 2.45) is 0 Å². The van der Waals surface area contributed by atoms with E-state index in [1.54, 1.807) is 0 Å². The van der Waals surface area contributed by atoms with Crippen LogP contribution in [0.15, 0.2) is 11.0 Å². The van der Waals surface area contributed by atoms with Crippen molar-refractivity contribution in [3.8, 4) is 0 Å². The molecule has 1 aliphatic carbocycles. The standard InChI is InChI=1S/C6H6O5S.K.H/c7-4-1-2-5(8)6(3-4)12(9,10)11;;/h3H,1-2H2,(H,9,10,11);;/q;+1;-1. The predicted octanol–water partition coefficient (Wildman–Crippen LogP) is -3.19. The fraction of sp³-hybridized carbons (Fsp3) is 0.333. The van der Waals surface area contributed by atoms with Crippen LogP contribution in [0.4, 0.5) is 0 Å². The third kappa shape index (κ3) is 3.70. The van der Waals surface area contributed by atoms with Crippen LogP contribution < -0.4 is 51.4 Å². The van der Waals surface area contributed by atoms with E-state index >= 15 is 0 Å². The van der Waals surface area contributed by atoms with Gasteiger partial charge in [0.05, 0.1) is 0 Å². The Balaban J connectivity index is 0. The van der Waals surface area contributed by atoms with Gasteiger partial charge in [0.25, 0.3) is 10.1 Å². The first-order valence-corrected chi connectivity index (χ1v) is 4.60. The van der Waals surface area contributed by atoms with Crippen molar-refractivity contribution in [1.29, 1.82) is 0 Å². The summed E-state index contributed by atoms with van der Waals surface area (Å²) in [5.74, 6) is -1.17. The molecule has 0 radical (unpaired) electrons. The second-order valence-corrected chi connectivity index (χ2v) is 3.76. The molecular formula is C6H7KO5S. The molecule has 0 bridgehead atoms. The van der Waals surface area contributed by atoms with Gasteiger partial charge in [0, 0.05) is 18.9 Å². The second kappa shape index (κ2) is 4.92. The van der Waals surface area contributed by atoms with Gasteiger partial charge in [0.15, 0.2) is 11.6 Å². The zero-order chi connectivity index (χ0) is 9.35. The van der Waals surface area contributed by atoms with Crippen molar-refractivity contribution in [1.82, 2.24) is 0 Å². The monoisotopic (exact) mass is 230 g/mol. The van der Waals surface area contributed by atoms with Gasteiger partial charge < -0.3 is 1.43 Å². The van der Waals surface area contributed by atoms with E-state index in [1.165, 1.54) is 0 Å². The summed E-state index contributed by atoms with van der Waals surface area (Å²) in [5.41, 5.74) is 0. The number of carbonyl (C=O) groups excluding carboxylic acids is 2. The number of allylic oxidation sites excluding steroid dienone is 2. The molecule has 0 fully saturated rings. The summed E-state index contributed by atoms with van der Waals surface area (Å²) in [6, 6.07) is 0. The zero-order valence-corrected chi connectivity index (χ0v) is 10.9. The van der Waals surface area contributed by atoms with Crippen molar-refractivity contribution in [3.63, 3.8) is 0 Å². The van der Waals surface area contributed by atoms with Crippen LogP contribution in [0.25, 0.3) is 0 Å². The summed E-state index contributed by atoms with van der Waals surface area (Å²) >= 11 is 0. The summed E-state index contributed by atoms with van der Waals surface area (Å²) in [5, 5.41) is 0. The minimum atomic E-state index is -4.52. The van der Waals surface area contributed by atoms with Crippen LogP contribution >= 0.6 is 0 Å². The fourth-order valence-corrected chi connectivity index (χ4v) is 1.55. The number of rotatable bonds is 1. The molecule has 0 atom stereocenters. The van der Waals surface area contributed by atoms with Gasteiger partial charge in [-0.05, 0) is 0 Å². The smallest absolute Gasteiger partial charge is 1.00 e. The molecule has 0 aliphatic heterocycles. The third-order valence-electron chi connectivity index (χ3n) is 1.44. The quantitative estimate of drug-likeness (QED) is 0.379. The van der Waals surface area contributed by atoms with E-state index in [0.29, 0.717) is 6.08 Å². The molecule has 0 saturated heterocycles. The molecular weight excluding hydrogens is 223 g/mol. The minimum Gasteiger partial charge on any atom is -1.00 e. The van der Waals surface area contributed by atoms with Crippen LogP contribution in [0.3, 0.4) is 0 Å². The first-order chi connectivity index (χ1) is 5.41. The van der Waals surface area contributed by atoms with Crippen LogP contribution in [0, 0.1) is 0 Å². The Morgan fingerprint density at radius 2 is 1.85 bits per heavy atom. The number of carbonyl (C=O) groups is 2. The van der Waals surface area contributed by atoms with Gasteiger partial charge in [-0.3, -0.25) is 14.1 Å². The van der Waals surface area contributed by atoms with E-state index in [2.05, 4.69) is 0 Å². The van der Waals surface area contributed by atoms with Crippen LogP contribution in [0.2, 0.25) is 0 Å². The number of hydrogen-bond acceptors (Lipinski definition) is 4. The molecule has 0 aromatic heterocycles. The maximum atomic E-state index is 10.8. The van der Waals surface area contributed by atoms with Crippen molar-refractivity contribution in [2.75, 3.05) is 0 Å². The fourth-order valence-electron chi connectivity index (χ4n) is 0.877. The number of hydrogen-bond donors (Lipinski definition) is 1. The molecule has 68 valence electrons. The van der Waals surface area contributed by atoms with Gasteiger partial charge in [0.2, 0.25) is 0 Å². The Labute approximate surface area is 119 Å². The topological polar surface area (TPSA) is 88.5 Å². The van der Waals surface area contributed by atoms with Crippen molar-refractivity contribution in [2.45, 2.75) is 12.8 Å². The van der Waals surface area contributed by atoms with Gasteiger partial charge in [-0.25, -0.2) is 0 Å². The third-order valence-corrected chi connectivity index (χ3v) is 2.34. The molecule has 0 spiro atoms. The number of ketones is 2. The normalized spacial score (nSPS) is 17.8. The SMILES string of the molecule is O=C1C=C(S(=O)(=O)O)C(=O)CC1.[H-].[K+]. The zero-order valence-electron chi connectivity index (χ0n) is 7.98. The van der Waals surface area contributed by atoms with Gasteiger partial charge in [-0.1, -0.05) is 0 Å². The Bertz CT molecular complexity index is 372. The molecule has 13 heavy (non-hydrogen) atoms. The Morgan fingerprint density at radius 1 is 1.31 bits per heavy atom. The van der Waals surface area contributed by atoms with Crippen molar-refractivity contribution in [3.05, 3.63) is 11.0 Å². The van der Waals surface area contributed by atoms with E-state index in [-0.39, 0.29) is 65.7 Å². The van der Waals surface area contributed by atoms with E-state index in [9.17, 15) is 18.0 Å². The van der Waals surface area contributed by atoms with Gasteiger partial charge in [-0.15, -0.1) is 0 Å². The Morgan fingerprint density at radius 3 is 2.23 bits per heavy atom. The first kappa shape index (κ1) is 13.6. The summed E-state index contributed by atoms with van der Waals surface area (Å²) in [6.45, 7) is 0. The Hall–Kier alpha value is 0.626. The van der Waals surface area contributed by atoms with Crippen molar-refractivity contribution < 1.29 is 75.4 Å². The van der Waals surface area contributed by atoms with E-state index in [4.69, 9.17) is 4.55 Å². The van der Waals surface area contributed by atoms with Crippen molar-refractivity contribution >= 4 is 21.7 Å². The maximum absolute atomic E-state index is 10.8. The molecule has 0 amide bonds. The molecule has 7 heteroatoms. The minimum absolute atomic E-state index is 0. The predicted molar refractivity (Wildman–Crippen MR) is 40.0 cm³/mol. The van der Waals surface area contributed by atoms with E-state index < -0.39 is 26.6 Å². The van der Waals surface area contributed by atoms with Gasteiger partial charge in [-0.2, -0.15) is 8.42 Å². The molecule has 0 unspecified atom stereocenters. The molecule has 5 nitrogen and oxygen atoms in total. The molecule has 1 N–H and O–H groups in total. The van der Waals surface area contributed by atoms with Crippen LogP contribution in [-0.4, -0.2) is 24.5 Å². The number of Topliss-reactive ketones (excluding diaryl/α,β-unsaturated/α-hetero) is 1. The Kier molecular flexibility index (Phi) is 5.16. The van der Waals surface area contributed by atoms with E-state index in [1.807, 2.05) is 0 Å².